The van der Waals surface area contributed by atoms with E-state index >= 15 is 0 Å². The molecule has 0 unspecified atom stereocenters. The summed E-state index contributed by atoms with van der Waals surface area (Å²) >= 11 is 0. The van der Waals surface area contributed by atoms with Crippen molar-refractivity contribution in [2.24, 2.45) is 0 Å². The molecule has 2 N–H and O–H groups in total. The fraction of sp³-hybridized carbons (Fsp3) is 0.0714. The average molecular weight is 269 g/mol. The van der Waals surface area contributed by atoms with Crippen molar-refractivity contribution in [3.63, 3.8) is 0 Å². The lowest BCUT2D eigenvalue weighted by Crippen LogP contribution is -2.02. The van der Waals surface area contributed by atoms with E-state index in [0.717, 1.165) is 11.1 Å². The van der Waals surface area contributed by atoms with Gasteiger partial charge in [-0.2, -0.15) is 4.68 Å². The minimum Gasteiger partial charge on any atom is -0.398 e. The molecule has 2 aromatic carbocycles. The molecule has 0 atom stereocenters. The van der Waals surface area contributed by atoms with Crippen LogP contribution in [0.2, 0.25) is 0 Å². The Bertz CT molecular complexity index is 766. The van der Waals surface area contributed by atoms with Gasteiger partial charge in [-0.25, -0.2) is 4.39 Å². The lowest BCUT2D eigenvalue weighted by Gasteiger charge is -2.08. The zero-order valence-electron chi connectivity index (χ0n) is 10.8. The summed E-state index contributed by atoms with van der Waals surface area (Å²) in [5.41, 5.74) is 8.83. The number of nitrogens with two attached hydrogens (primary N) is 1. The van der Waals surface area contributed by atoms with Gasteiger partial charge in [0.2, 0.25) is 0 Å². The third-order valence-corrected chi connectivity index (χ3v) is 3.14. The second-order valence-corrected chi connectivity index (χ2v) is 4.41. The van der Waals surface area contributed by atoms with E-state index in [2.05, 4.69) is 15.5 Å². The topological polar surface area (TPSA) is 69.6 Å². The van der Waals surface area contributed by atoms with Crippen LogP contribution in [0.1, 0.15) is 5.56 Å². The smallest absolute Gasteiger partial charge is 0.187 e. The van der Waals surface area contributed by atoms with Crippen molar-refractivity contribution >= 4 is 5.69 Å². The Balaban J connectivity index is 2.18. The Hall–Kier alpha value is -2.76. The second-order valence-electron chi connectivity index (χ2n) is 4.41. The Labute approximate surface area is 114 Å². The van der Waals surface area contributed by atoms with Crippen molar-refractivity contribution in [2.75, 3.05) is 5.73 Å². The highest BCUT2D eigenvalue weighted by molar-refractivity contribution is 5.68. The highest BCUT2D eigenvalue weighted by Gasteiger charge is 2.14. The van der Waals surface area contributed by atoms with Crippen molar-refractivity contribution in [1.29, 1.82) is 0 Å². The molecule has 0 aliphatic rings. The number of rotatable bonds is 2. The number of anilines is 1. The van der Waals surface area contributed by atoms with Crippen LogP contribution in [0.5, 0.6) is 0 Å². The first-order valence-electron chi connectivity index (χ1n) is 6.06. The molecule has 0 fully saturated rings. The largest absolute Gasteiger partial charge is 0.398 e. The summed E-state index contributed by atoms with van der Waals surface area (Å²) in [6, 6.07) is 11.6. The zero-order valence-corrected chi connectivity index (χ0v) is 10.8. The van der Waals surface area contributed by atoms with E-state index in [1.807, 2.05) is 25.1 Å². The average Bonchev–Trinajstić information content (AvgIpc) is 2.91. The number of hydrogen-bond donors (Lipinski definition) is 1. The fourth-order valence-corrected chi connectivity index (χ4v) is 2.03. The number of tetrazole rings is 1. The van der Waals surface area contributed by atoms with Crippen LogP contribution in [0, 0.1) is 12.7 Å². The molecule has 20 heavy (non-hydrogen) atoms. The molecule has 0 spiro atoms. The molecule has 3 rings (SSSR count). The van der Waals surface area contributed by atoms with Gasteiger partial charge in [-0.05, 0) is 47.2 Å². The van der Waals surface area contributed by atoms with Crippen LogP contribution in [0.3, 0.4) is 0 Å². The molecule has 0 bridgehead atoms. The van der Waals surface area contributed by atoms with Crippen molar-refractivity contribution in [2.45, 2.75) is 6.92 Å². The maximum Gasteiger partial charge on any atom is 0.187 e. The minimum absolute atomic E-state index is 0.340. The number of benzene rings is 2. The molecular weight excluding hydrogens is 257 g/mol. The lowest BCUT2D eigenvalue weighted by molar-refractivity contribution is 0.625. The molecule has 3 aromatic rings. The lowest BCUT2D eigenvalue weighted by atomic mass is 10.1. The molecule has 0 aliphatic heterocycles. The second kappa shape index (κ2) is 4.73. The Morgan fingerprint density at radius 1 is 1.15 bits per heavy atom. The monoisotopic (exact) mass is 269 g/mol. The SMILES string of the molecule is Cc1c(N)cccc1-c1nnnn1-c1cccc(F)c1. The van der Waals surface area contributed by atoms with E-state index < -0.39 is 0 Å². The predicted molar refractivity (Wildman–Crippen MR) is 73.7 cm³/mol. The predicted octanol–water partition coefficient (Wildman–Crippen LogP) is 2.36. The van der Waals surface area contributed by atoms with Gasteiger partial charge in [-0.3, -0.25) is 0 Å². The normalized spacial score (nSPS) is 10.7. The number of halogens is 1. The third-order valence-electron chi connectivity index (χ3n) is 3.14. The van der Waals surface area contributed by atoms with Gasteiger partial charge >= 0.3 is 0 Å². The molecule has 6 heteroatoms. The number of nitrogens with zero attached hydrogens (tertiary/aromatic N) is 4. The summed E-state index contributed by atoms with van der Waals surface area (Å²) in [5.74, 6) is 0.189. The summed E-state index contributed by atoms with van der Waals surface area (Å²) in [7, 11) is 0. The standard InChI is InChI=1S/C14H12FN5/c1-9-12(6-3-7-13(9)16)14-17-18-19-20(14)11-5-2-4-10(15)8-11/h2-8H,16H2,1H3. The van der Waals surface area contributed by atoms with Crippen molar-refractivity contribution in [1.82, 2.24) is 20.2 Å². The molecule has 0 radical (unpaired) electrons. The van der Waals surface area contributed by atoms with Gasteiger partial charge in [0.1, 0.15) is 5.82 Å². The van der Waals surface area contributed by atoms with E-state index in [1.165, 1.54) is 16.8 Å². The van der Waals surface area contributed by atoms with E-state index in [4.69, 9.17) is 5.73 Å². The highest BCUT2D eigenvalue weighted by Crippen LogP contribution is 2.26. The van der Waals surface area contributed by atoms with E-state index in [0.29, 0.717) is 17.2 Å². The summed E-state index contributed by atoms with van der Waals surface area (Å²) in [5, 5.41) is 11.6. The van der Waals surface area contributed by atoms with Crippen LogP contribution in [0.25, 0.3) is 17.1 Å². The van der Waals surface area contributed by atoms with Crippen molar-refractivity contribution in [3.8, 4) is 17.1 Å². The first-order valence-corrected chi connectivity index (χ1v) is 6.06. The van der Waals surface area contributed by atoms with Gasteiger partial charge in [0.25, 0.3) is 0 Å². The molecule has 0 amide bonds. The van der Waals surface area contributed by atoms with Gasteiger partial charge in [0.05, 0.1) is 5.69 Å². The highest BCUT2D eigenvalue weighted by atomic mass is 19.1. The van der Waals surface area contributed by atoms with Gasteiger partial charge in [0, 0.05) is 11.3 Å². The fourth-order valence-electron chi connectivity index (χ4n) is 2.03. The molecule has 100 valence electrons. The summed E-state index contributed by atoms with van der Waals surface area (Å²) < 4.78 is 14.8. The first-order chi connectivity index (χ1) is 9.66. The summed E-state index contributed by atoms with van der Waals surface area (Å²) in [4.78, 5) is 0. The van der Waals surface area contributed by atoms with E-state index in [1.54, 1.807) is 12.1 Å². The Morgan fingerprint density at radius 3 is 2.75 bits per heavy atom. The van der Waals surface area contributed by atoms with Gasteiger partial charge < -0.3 is 5.73 Å². The van der Waals surface area contributed by atoms with Crippen LogP contribution >= 0.6 is 0 Å². The molecule has 1 heterocycles. The minimum atomic E-state index is -0.340. The maximum absolute atomic E-state index is 13.3. The van der Waals surface area contributed by atoms with E-state index in [-0.39, 0.29) is 5.82 Å². The molecular formula is C14H12FN5. The summed E-state index contributed by atoms with van der Waals surface area (Å²) in [6.45, 7) is 1.90. The van der Waals surface area contributed by atoms with Gasteiger partial charge in [0.15, 0.2) is 5.82 Å². The molecule has 0 saturated heterocycles. The maximum atomic E-state index is 13.3. The van der Waals surface area contributed by atoms with Crippen molar-refractivity contribution in [3.05, 3.63) is 53.8 Å². The molecule has 1 aromatic heterocycles. The van der Waals surface area contributed by atoms with Gasteiger partial charge in [-0.1, -0.05) is 18.2 Å². The molecule has 5 nitrogen and oxygen atoms in total. The van der Waals surface area contributed by atoms with Crippen molar-refractivity contribution < 1.29 is 4.39 Å². The van der Waals surface area contributed by atoms with Crippen LogP contribution in [0.15, 0.2) is 42.5 Å². The quantitative estimate of drug-likeness (QED) is 0.725. The van der Waals surface area contributed by atoms with Crippen LogP contribution in [0.4, 0.5) is 10.1 Å². The number of hydrogen-bond acceptors (Lipinski definition) is 4. The molecule has 0 aliphatic carbocycles. The van der Waals surface area contributed by atoms with E-state index in [9.17, 15) is 4.39 Å². The van der Waals surface area contributed by atoms with Gasteiger partial charge in [-0.15, -0.1) is 5.10 Å². The summed E-state index contributed by atoms with van der Waals surface area (Å²) in [6.07, 6.45) is 0. The number of aromatic nitrogens is 4. The Morgan fingerprint density at radius 2 is 1.95 bits per heavy atom. The third kappa shape index (κ3) is 2.01. The zero-order chi connectivity index (χ0) is 14.1. The Kier molecular flexibility index (Phi) is 2.90. The number of nitrogen functional groups attached to an aromatic ring is 1. The van der Waals surface area contributed by atoms with Crippen LogP contribution in [-0.4, -0.2) is 20.2 Å². The molecule has 0 saturated carbocycles. The van der Waals surface area contributed by atoms with Crippen LogP contribution in [-0.2, 0) is 0 Å². The first kappa shape index (κ1) is 12.3. The van der Waals surface area contributed by atoms with Crippen LogP contribution < -0.4 is 5.73 Å².